The summed E-state index contributed by atoms with van der Waals surface area (Å²) in [6.07, 6.45) is -0.625. The van der Waals surface area contributed by atoms with Gasteiger partial charge in [-0.15, -0.1) is 11.3 Å². The maximum atomic E-state index is 13.2. The number of amides is 2. The average molecular weight is 396 g/mol. The molecule has 1 unspecified atom stereocenters. The first-order chi connectivity index (χ1) is 13.5. The summed E-state index contributed by atoms with van der Waals surface area (Å²) in [5, 5.41) is 4.67. The predicted molar refractivity (Wildman–Crippen MR) is 106 cm³/mol. The molecule has 1 aromatic heterocycles. The molecule has 2 amide bonds. The molecule has 0 saturated heterocycles. The van der Waals surface area contributed by atoms with Crippen molar-refractivity contribution >= 4 is 34.5 Å². The topological polar surface area (TPSA) is 58.6 Å². The smallest absolute Gasteiger partial charge is 0.268 e. The first-order valence-corrected chi connectivity index (χ1v) is 9.60. The highest BCUT2D eigenvalue weighted by Gasteiger charge is 2.31. The molecule has 3 aromatic rings. The molecular formula is C21H17FN2O3S. The Morgan fingerprint density at radius 3 is 2.71 bits per heavy atom. The van der Waals surface area contributed by atoms with Gasteiger partial charge in [0.25, 0.3) is 11.8 Å². The number of ether oxygens (including phenoxy) is 1. The van der Waals surface area contributed by atoms with Crippen molar-refractivity contribution in [1.29, 1.82) is 0 Å². The number of carbonyl (C=O) groups excluding carboxylic acids is 2. The fraction of sp³-hybridized carbons (Fsp3) is 0.143. The minimum absolute atomic E-state index is 0.196. The number of fused-ring (bicyclic) bond motifs is 1. The number of benzene rings is 2. The van der Waals surface area contributed by atoms with E-state index in [-0.39, 0.29) is 24.2 Å². The van der Waals surface area contributed by atoms with Crippen LogP contribution in [0.3, 0.4) is 0 Å². The Hall–Kier alpha value is -3.19. The Morgan fingerprint density at radius 2 is 2.00 bits per heavy atom. The van der Waals surface area contributed by atoms with E-state index in [0.717, 1.165) is 5.56 Å². The van der Waals surface area contributed by atoms with Gasteiger partial charge in [-0.25, -0.2) is 4.39 Å². The number of hydrogen-bond acceptors (Lipinski definition) is 4. The van der Waals surface area contributed by atoms with Gasteiger partial charge in [0.05, 0.1) is 17.1 Å². The van der Waals surface area contributed by atoms with E-state index in [9.17, 15) is 14.0 Å². The van der Waals surface area contributed by atoms with E-state index in [1.54, 1.807) is 48.2 Å². The molecule has 4 rings (SSSR count). The van der Waals surface area contributed by atoms with Crippen molar-refractivity contribution in [2.24, 2.45) is 0 Å². The van der Waals surface area contributed by atoms with Gasteiger partial charge in [0, 0.05) is 5.69 Å². The van der Waals surface area contributed by atoms with Crippen LogP contribution in [-0.4, -0.2) is 17.9 Å². The van der Waals surface area contributed by atoms with Gasteiger partial charge < -0.3 is 15.0 Å². The van der Waals surface area contributed by atoms with E-state index < -0.39 is 6.10 Å². The summed E-state index contributed by atoms with van der Waals surface area (Å²) < 4.78 is 18.9. The Kier molecular flexibility index (Phi) is 4.83. The lowest BCUT2D eigenvalue weighted by Gasteiger charge is -2.33. The van der Waals surface area contributed by atoms with E-state index in [0.29, 0.717) is 22.0 Å². The van der Waals surface area contributed by atoms with E-state index in [1.165, 1.54) is 23.5 Å². The number of rotatable bonds is 4. The number of carbonyl (C=O) groups is 2. The molecule has 2 aromatic carbocycles. The third kappa shape index (κ3) is 3.61. The van der Waals surface area contributed by atoms with E-state index in [4.69, 9.17) is 4.74 Å². The van der Waals surface area contributed by atoms with Crippen LogP contribution in [0.4, 0.5) is 15.8 Å². The molecule has 0 fully saturated rings. The predicted octanol–water partition coefficient (Wildman–Crippen LogP) is 4.45. The number of nitrogens with one attached hydrogen (secondary N) is 1. The molecule has 0 radical (unpaired) electrons. The Balaban J connectivity index is 1.64. The minimum atomic E-state index is -0.625. The van der Waals surface area contributed by atoms with Gasteiger partial charge in [-0.3, -0.25) is 9.59 Å². The van der Waals surface area contributed by atoms with Crippen LogP contribution < -0.4 is 15.0 Å². The number of thiophene rings is 1. The molecule has 1 aliphatic heterocycles. The standard InChI is InChI=1S/C21H17FN2O3S/c1-13-21(26)24(12-14-4-6-15(22)7-5-14)17-11-16(8-9-18(17)27-13)23-20(25)19-3-2-10-28-19/h2-11,13H,12H2,1H3,(H,23,25). The van der Waals surface area contributed by atoms with Crippen molar-refractivity contribution in [2.75, 3.05) is 10.2 Å². The van der Waals surface area contributed by atoms with E-state index >= 15 is 0 Å². The lowest BCUT2D eigenvalue weighted by atomic mass is 10.1. The summed E-state index contributed by atoms with van der Waals surface area (Å²) in [6, 6.07) is 14.8. The first kappa shape index (κ1) is 18.2. The van der Waals surface area contributed by atoms with Crippen LogP contribution >= 0.6 is 11.3 Å². The Labute approximate surface area is 165 Å². The molecular weight excluding hydrogens is 379 g/mol. The van der Waals surface area contributed by atoms with Gasteiger partial charge in [-0.2, -0.15) is 0 Å². The maximum absolute atomic E-state index is 13.2. The summed E-state index contributed by atoms with van der Waals surface area (Å²) >= 11 is 1.35. The molecule has 1 atom stereocenters. The average Bonchev–Trinajstić information content (AvgIpc) is 3.22. The van der Waals surface area contributed by atoms with Crippen LogP contribution in [0.15, 0.2) is 60.0 Å². The Morgan fingerprint density at radius 1 is 1.21 bits per heavy atom. The van der Waals surface area contributed by atoms with Crippen molar-refractivity contribution in [3.8, 4) is 5.75 Å². The number of nitrogens with zero attached hydrogens (tertiary/aromatic N) is 1. The molecule has 28 heavy (non-hydrogen) atoms. The lowest BCUT2D eigenvalue weighted by molar-refractivity contribution is -0.125. The summed E-state index contributed by atoms with van der Waals surface area (Å²) in [6.45, 7) is 1.97. The zero-order chi connectivity index (χ0) is 19.7. The van der Waals surface area contributed by atoms with E-state index in [1.807, 2.05) is 11.4 Å². The second-order valence-electron chi connectivity index (χ2n) is 6.42. The van der Waals surface area contributed by atoms with Crippen molar-refractivity contribution in [1.82, 2.24) is 0 Å². The monoisotopic (exact) mass is 396 g/mol. The van der Waals surface area contributed by atoms with Crippen LogP contribution in [0.25, 0.3) is 0 Å². The van der Waals surface area contributed by atoms with Crippen LogP contribution in [0.2, 0.25) is 0 Å². The third-order valence-corrected chi connectivity index (χ3v) is 5.29. The highest BCUT2D eigenvalue weighted by Crippen LogP contribution is 2.37. The molecule has 1 N–H and O–H groups in total. The number of hydrogen-bond donors (Lipinski definition) is 1. The van der Waals surface area contributed by atoms with E-state index in [2.05, 4.69) is 5.32 Å². The molecule has 5 nitrogen and oxygen atoms in total. The van der Waals surface area contributed by atoms with Gasteiger partial charge in [0.2, 0.25) is 0 Å². The largest absolute Gasteiger partial charge is 0.479 e. The molecule has 7 heteroatoms. The molecule has 0 aliphatic carbocycles. The van der Waals surface area contributed by atoms with Gasteiger partial charge in [0.15, 0.2) is 6.10 Å². The molecule has 142 valence electrons. The van der Waals surface area contributed by atoms with Gasteiger partial charge >= 0.3 is 0 Å². The molecule has 1 aliphatic rings. The lowest BCUT2D eigenvalue weighted by Crippen LogP contribution is -2.44. The minimum Gasteiger partial charge on any atom is -0.479 e. The van der Waals surface area contributed by atoms with Gasteiger partial charge in [-0.05, 0) is 54.3 Å². The molecule has 0 spiro atoms. The highest BCUT2D eigenvalue weighted by atomic mass is 32.1. The van der Waals surface area contributed by atoms with Gasteiger partial charge in [-0.1, -0.05) is 18.2 Å². The Bertz CT molecular complexity index is 1020. The van der Waals surface area contributed by atoms with Crippen LogP contribution in [0, 0.1) is 5.82 Å². The fourth-order valence-electron chi connectivity index (χ4n) is 3.02. The summed E-state index contributed by atoms with van der Waals surface area (Å²) in [5.74, 6) is -0.178. The summed E-state index contributed by atoms with van der Waals surface area (Å²) in [4.78, 5) is 27.2. The summed E-state index contributed by atoms with van der Waals surface area (Å²) in [5.41, 5.74) is 1.92. The normalized spacial score (nSPS) is 15.7. The quantitative estimate of drug-likeness (QED) is 0.709. The SMILES string of the molecule is CC1Oc2ccc(NC(=O)c3cccs3)cc2N(Cc2ccc(F)cc2)C1=O. The van der Waals surface area contributed by atoms with Crippen LogP contribution in [0.5, 0.6) is 5.75 Å². The van der Waals surface area contributed by atoms with Crippen LogP contribution in [0.1, 0.15) is 22.2 Å². The highest BCUT2D eigenvalue weighted by molar-refractivity contribution is 7.12. The van der Waals surface area contributed by atoms with Crippen molar-refractivity contribution in [3.63, 3.8) is 0 Å². The zero-order valence-electron chi connectivity index (χ0n) is 15.0. The van der Waals surface area contributed by atoms with Crippen LogP contribution in [-0.2, 0) is 11.3 Å². The number of halogens is 1. The van der Waals surface area contributed by atoms with Crippen molar-refractivity contribution in [2.45, 2.75) is 19.6 Å². The zero-order valence-corrected chi connectivity index (χ0v) is 15.8. The summed E-state index contributed by atoms with van der Waals surface area (Å²) in [7, 11) is 0. The number of anilines is 2. The fourth-order valence-corrected chi connectivity index (χ4v) is 3.64. The molecule has 0 saturated carbocycles. The van der Waals surface area contributed by atoms with Crippen molar-refractivity contribution < 1.29 is 18.7 Å². The van der Waals surface area contributed by atoms with Crippen molar-refractivity contribution in [3.05, 3.63) is 76.2 Å². The second kappa shape index (κ2) is 7.44. The molecule has 2 heterocycles. The second-order valence-corrected chi connectivity index (χ2v) is 7.37. The third-order valence-electron chi connectivity index (χ3n) is 4.42. The maximum Gasteiger partial charge on any atom is 0.268 e. The molecule has 0 bridgehead atoms. The first-order valence-electron chi connectivity index (χ1n) is 8.72. The van der Waals surface area contributed by atoms with Gasteiger partial charge in [0.1, 0.15) is 11.6 Å².